The quantitative estimate of drug-likeness (QED) is 0.580. The van der Waals surface area contributed by atoms with Gasteiger partial charge in [-0.25, -0.2) is 14.4 Å². The molecule has 1 unspecified atom stereocenters. The summed E-state index contributed by atoms with van der Waals surface area (Å²) in [5.41, 5.74) is 0.405. The molecule has 32 heavy (non-hydrogen) atoms. The molecule has 2 aliphatic heterocycles. The molecule has 5 rings (SSSR count). The van der Waals surface area contributed by atoms with E-state index < -0.39 is 23.6 Å². The Morgan fingerprint density at radius 3 is 2.72 bits per heavy atom. The van der Waals surface area contributed by atoms with Gasteiger partial charge in [-0.1, -0.05) is 12.1 Å². The average Bonchev–Trinajstić information content (AvgIpc) is 3.05. The molecule has 170 valence electrons. The smallest absolute Gasteiger partial charge is 0.370 e. The molecule has 3 aromatic rings. The Bertz CT molecular complexity index is 1170. The van der Waals surface area contributed by atoms with Crippen molar-refractivity contribution in [3.63, 3.8) is 0 Å². The summed E-state index contributed by atoms with van der Waals surface area (Å²) in [5, 5.41) is 7.12. The van der Waals surface area contributed by atoms with Crippen LogP contribution in [0.25, 0.3) is 11.0 Å². The Balaban J connectivity index is 1.53. The predicted molar refractivity (Wildman–Crippen MR) is 111 cm³/mol. The Hall–Kier alpha value is -2.72. The van der Waals surface area contributed by atoms with Gasteiger partial charge in [-0.3, -0.25) is 0 Å². The van der Waals surface area contributed by atoms with E-state index in [1.54, 1.807) is 13.8 Å². The van der Waals surface area contributed by atoms with Crippen molar-refractivity contribution in [1.29, 1.82) is 0 Å². The molecule has 2 N–H and O–H groups in total. The zero-order chi connectivity index (χ0) is 22.6. The van der Waals surface area contributed by atoms with E-state index in [4.69, 9.17) is 4.74 Å². The fraction of sp³-hybridized carbons (Fsp3) is 0.455. The summed E-state index contributed by atoms with van der Waals surface area (Å²) in [7, 11) is 0. The number of alkyl halides is 3. The maximum absolute atomic E-state index is 14.7. The maximum atomic E-state index is 14.7. The van der Waals surface area contributed by atoms with Crippen molar-refractivity contribution in [2.24, 2.45) is 5.92 Å². The second-order valence-corrected chi connectivity index (χ2v) is 8.36. The minimum Gasteiger partial charge on any atom is -0.370 e. The maximum Gasteiger partial charge on any atom is 0.419 e. The molecule has 1 aromatic carbocycles. The van der Waals surface area contributed by atoms with Gasteiger partial charge in [0.1, 0.15) is 29.2 Å². The molecule has 0 saturated carbocycles. The number of nitrogens with zero attached hydrogens (tertiary/aromatic N) is 3. The molecular formula is C22H23F4N5O. The second kappa shape index (κ2) is 7.70. The van der Waals surface area contributed by atoms with E-state index >= 15 is 0 Å². The van der Waals surface area contributed by atoms with Crippen LogP contribution in [0.2, 0.25) is 0 Å². The third-order valence-corrected chi connectivity index (χ3v) is 6.20. The van der Waals surface area contributed by atoms with Crippen molar-refractivity contribution in [1.82, 2.24) is 19.9 Å². The molecule has 4 heterocycles. The molecule has 2 aliphatic rings. The van der Waals surface area contributed by atoms with Crippen LogP contribution in [0.1, 0.15) is 41.7 Å². The fourth-order valence-corrected chi connectivity index (χ4v) is 4.48. The highest BCUT2D eigenvalue weighted by atomic mass is 19.4. The Labute approximate surface area is 182 Å². The number of anilines is 1. The first-order valence-electron chi connectivity index (χ1n) is 10.6. The molecule has 0 aliphatic carbocycles. The number of aromatic nitrogens is 3. The summed E-state index contributed by atoms with van der Waals surface area (Å²) in [6.07, 6.45) is -4.81. The van der Waals surface area contributed by atoms with Crippen molar-refractivity contribution in [2.45, 2.75) is 38.7 Å². The molecule has 1 fully saturated rings. The standard InChI is InChI=1S/C22H23F4N5O/c1-11(14-4-3-5-16(18(14)23)22(24,25)26)28-20-15-8-17-19(13-9-27-10-13)32-7-6-31(17)21(15)30-12(2)29-20/h3-5,8,11,13,19,27H,6-7,9-10H2,1-2H3,(H,28,29,30)/t11-,19?/m1/s1. The first-order valence-corrected chi connectivity index (χ1v) is 10.6. The van der Waals surface area contributed by atoms with Crippen LogP contribution in [0.5, 0.6) is 0 Å². The van der Waals surface area contributed by atoms with Gasteiger partial charge in [-0.2, -0.15) is 13.2 Å². The molecule has 2 aromatic heterocycles. The number of fused-ring (bicyclic) bond motifs is 3. The molecule has 10 heteroatoms. The van der Waals surface area contributed by atoms with Gasteiger partial charge >= 0.3 is 6.18 Å². The van der Waals surface area contributed by atoms with E-state index in [0.717, 1.165) is 35.9 Å². The van der Waals surface area contributed by atoms with Gasteiger partial charge in [0.25, 0.3) is 0 Å². The third kappa shape index (κ3) is 3.51. The second-order valence-electron chi connectivity index (χ2n) is 8.36. The van der Waals surface area contributed by atoms with Crippen LogP contribution in [-0.2, 0) is 17.5 Å². The number of rotatable bonds is 4. The van der Waals surface area contributed by atoms with Crippen LogP contribution in [0.3, 0.4) is 0 Å². The van der Waals surface area contributed by atoms with E-state index in [2.05, 4.69) is 25.2 Å². The van der Waals surface area contributed by atoms with Crippen molar-refractivity contribution < 1.29 is 22.3 Å². The highest BCUT2D eigenvalue weighted by Gasteiger charge is 2.36. The van der Waals surface area contributed by atoms with Crippen LogP contribution in [0.15, 0.2) is 24.3 Å². The Morgan fingerprint density at radius 1 is 1.25 bits per heavy atom. The number of nitrogens with one attached hydrogen (secondary N) is 2. The van der Waals surface area contributed by atoms with Crippen LogP contribution in [-0.4, -0.2) is 34.2 Å². The van der Waals surface area contributed by atoms with Gasteiger partial charge in [-0.05, 0) is 26.0 Å². The first kappa shape index (κ1) is 21.1. The van der Waals surface area contributed by atoms with Gasteiger partial charge in [0.2, 0.25) is 0 Å². The topological polar surface area (TPSA) is 64.0 Å². The molecule has 6 nitrogen and oxygen atoms in total. The average molecular weight is 449 g/mol. The summed E-state index contributed by atoms with van der Waals surface area (Å²) in [5.74, 6) is 0.0845. The van der Waals surface area contributed by atoms with Crippen molar-refractivity contribution >= 4 is 16.9 Å². The van der Waals surface area contributed by atoms with E-state index in [0.29, 0.717) is 30.7 Å². The largest absolute Gasteiger partial charge is 0.419 e. The minimum absolute atomic E-state index is 0.0503. The highest BCUT2D eigenvalue weighted by Crippen LogP contribution is 2.38. The summed E-state index contributed by atoms with van der Waals surface area (Å²) < 4.78 is 62.3. The number of aryl methyl sites for hydroxylation is 1. The molecule has 0 amide bonds. The Kier molecular flexibility index (Phi) is 5.09. The van der Waals surface area contributed by atoms with Crippen LogP contribution in [0, 0.1) is 18.7 Å². The molecule has 2 atom stereocenters. The SMILES string of the molecule is Cc1nc(N[C@H](C)c2cccc(C(F)(F)F)c2F)c2cc3n(c2n1)CCOC3C1CNC1. The summed E-state index contributed by atoms with van der Waals surface area (Å²) in [4.78, 5) is 9.09. The lowest BCUT2D eigenvalue weighted by molar-refractivity contribution is -0.140. The summed E-state index contributed by atoms with van der Waals surface area (Å²) >= 11 is 0. The van der Waals surface area contributed by atoms with E-state index in [1.807, 2.05) is 6.07 Å². The number of halogens is 4. The number of hydrogen-bond acceptors (Lipinski definition) is 5. The molecule has 1 saturated heterocycles. The van der Waals surface area contributed by atoms with Gasteiger partial charge in [0, 0.05) is 36.8 Å². The highest BCUT2D eigenvalue weighted by molar-refractivity contribution is 5.89. The molecular weight excluding hydrogens is 426 g/mol. The van der Waals surface area contributed by atoms with Crippen LogP contribution >= 0.6 is 0 Å². The van der Waals surface area contributed by atoms with Gasteiger partial charge < -0.3 is 19.9 Å². The Morgan fingerprint density at radius 2 is 2.03 bits per heavy atom. The number of ether oxygens (including phenoxy) is 1. The summed E-state index contributed by atoms with van der Waals surface area (Å²) in [6.45, 7) is 6.37. The van der Waals surface area contributed by atoms with Crippen molar-refractivity contribution in [3.05, 3.63) is 52.7 Å². The molecule has 0 spiro atoms. The lowest BCUT2D eigenvalue weighted by Crippen LogP contribution is -2.47. The zero-order valence-corrected chi connectivity index (χ0v) is 17.6. The zero-order valence-electron chi connectivity index (χ0n) is 17.6. The normalized spacial score (nSPS) is 20.1. The third-order valence-electron chi connectivity index (χ3n) is 6.20. The number of benzene rings is 1. The lowest BCUT2D eigenvalue weighted by Gasteiger charge is -2.37. The molecule has 0 radical (unpaired) electrons. The van der Waals surface area contributed by atoms with Crippen molar-refractivity contribution in [3.8, 4) is 0 Å². The van der Waals surface area contributed by atoms with E-state index in [-0.39, 0.29) is 11.7 Å². The van der Waals surface area contributed by atoms with E-state index in [9.17, 15) is 17.6 Å². The van der Waals surface area contributed by atoms with Crippen LogP contribution in [0.4, 0.5) is 23.4 Å². The minimum atomic E-state index is -4.76. The van der Waals surface area contributed by atoms with Crippen molar-refractivity contribution in [2.75, 3.05) is 25.0 Å². The van der Waals surface area contributed by atoms with Gasteiger partial charge in [0.05, 0.1) is 23.6 Å². The molecule has 0 bridgehead atoms. The fourth-order valence-electron chi connectivity index (χ4n) is 4.48. The number of hydrogen-bond donors (Lipinski definition) is 2. The van der Waals surface area contributed by atoms with E-state index in [1.165, 1.54) is 12.1 Å². The first-order chi connectivity index (χ1) is 15.2. The monoisotopic (exact) mass is 449 g/mol. The lowest BCUT2D eigenvalue weighted by atomic mass is 9.93. The summed E-state index contributed by atoms with van der Waals surface area (Å²) in [6, 6.07) is 4.55. The van der Waals surface area contributed by atoms with Gasteiger partial charge in [0.15, 0.2) is 0 Å². The van der Waals surface area contributed by atoms with Gasteiger partial charge in [-0.15, -0.1) is 0 Å². The van der Waals surface area contributed by atoms with Crippen LogP contribution < -0.4 is 10.6 Å². The predicted octanol–water partition coefficient (Wildman–Crippen LogP) is 4.36.